The van der Waals surface area contributed by atoms with Crippen molar-refractivity contribution in [2.75, 3.05) is 7.05 Å². The van der Waals surface area contributed by atoms with Gasteiger partial charge in [0.2, 0.25) is 5.91 Å². The van der Waals surface area contributed by atoms with Gasteiger partial charge in [0, 0.05) is 31.1 Å². The minimum Gasteiger partial charge on any atom is -0.370 e. The first-order chi connectivity index (χ1) is 8.84. The summed E-state index contributed by atoms with van der Waals surface area (Å²) in [6.45, 7) is 4.47. The van der Waals surface area contributed by atoms with Gasteiger partial charge in [0.1, 0.15) is 0 Å². The molecule has 2 amide bonds. The quantitative estimate of drug-likeness (QED) is 0.709. The highest BCUT2D eigenvalue weighted by Gasteiger charge is 2.19. The summed E-state index contributed by atoms with van der Waals surface area (Å²) in [6.07, 6.45) is 0.281. The molecule has 1 aromatic rings. The number of primary amides is 1. The summed E-state index contributed by atoms with van der Waals surface area (Å²) in [7, 11) is 1.60. The lowest BCUT2D eigenvalue weighted by Crippen LogP contribution is -2.42. The molecule has 19 heavy (non-hydrogen) atoms. The van der Waals surface area contributed by atoms with E-state index in [0.717, 1.165) is 5.56 Å². The standard InChI is InChI=1S/C14H21N3O2/c1-14(2,8-12(15)18)17-9-10-4-6-11(7-5-10)13(19)16-3/h4-7,17H,8-9H2,1-3H3,(H2,15,18)(H,16,19). The zero-order chi connectivity index (χ0) is 14.5. The molecule has 0 atom stereocenters. The third kappa shape index (κ3) is 5.09. The summed E-state index contributed by atoms with van der Waals surface area (Å²) in [5, 5.41) is 5.84. The van der Waals surface area contributed by atoms with Crippen molar-refractivity contribution in [3.05, 3.63) is 35.4 Å². The fraction of sp³-hybridized carbons (Fsp3) is 0.429. The van der Waals surface area contributed by atoms with E-state index >= 15 is 0 Å². The first kappa shape index (κ1) is 15.2. The third-order valence-corrected chi connectivity index (χ3v) is 2.83. The van der Waals surface area contributed by atoms with Crippen LogP contribution in [0.1, 0.15) is 36.2 Å². The maximum Gasteiger partial charge on any atom is 0.251 e. The average molecular weight is 263 g/mol. The molecule has 0 fully saturated rings. The Kier molecular flexibility index (Phi) is 5.06. The van der Waals surface area contributed by atoms with E-state index in [2.05, 4.69) is 10.6 Å². The fourth-order valence-electron chi connectivity index (χ4n) is 1.76. The van der Waals surface area contributed by atoms with Crippen molar-refractivity contribution in [2.24, 2.45) is 5.73 Å². The Morgan fingerprint density at radius 3 is 2.26 bits per heavy atom. The highest BCUT2D eigenvalue weighted by Crippen LogP contribution is 2.10. The van der Waals surface area contributed by atoms with Gasteiger partial charge >= 0.3 is 0 Å². The Labute approximate surface area is 113 Å². The molecule has 0 radical (unpaired) electrons. The summed E-state index contributed by atoms with van der Waals surface area (Å²) in [5.74, 6) is -0.430. The SMILES string of the molecule is CNC(=O)c1ccc(CNC(C)(C)CC(N)=O)cc1. The molecule has 5 nitrogen and oxygen atoms in total. The number of hydrogen-bond acceptors (Lipinski definition) is 3. The van der Waals surface area contributed by atoms with Crippen molar-refractivity contribution in [2.45, 2.75) is 32.4 Å². The van der Waals surface area contributed by atoms with Crippen LogP contribution in [0, 0.1) is 0 Å². The first-order valence-corrected chi connectivity index (χ1v) is 6.18. The normalized spacial score (nSPS) is 11.1. The number of carbonyl (C=O) groups excluding carboxylic acids is 2. The van der Waals surface area contributed by atoms with Gasteiger partial charge < -0.3 is 16.4 Å². The van der Waals surface area contributed by atoms with E-state index in [4.69, 9.17) is 5.73 Å². The molecule has 0 unspecified atom stereocenters. The zero-order valence-electron chi connectivity index (χ0n) is 11.6. The van der Waals surface area contributed by atoms with Crippen molar-refractivity contribution in [3.63, 3.8) is 0 Å². The van der Waals surface area contributed by atoms with Gasteiger partial charge in [-0.25, -0.2) is 0 Å². The number of rotatable bonds is 6. The molecule has 0 saturated carbocycles. The van der Waals surface area contributed by atoms with E-state index in [1.165, 1.54) is 0 Å². The highest BCUT2D eigenvalue weighted by molar-refractivity contribution is 5.93. The van der Waals surface area contributed by atoms with E-state index in [1.54, 1.807) is 19.2 Å². The van der Waals surface area contributed by atoms with Crippen molar-refractivity contribution in [1.82, 2.24) is 10.6 Å². The lowest BCUT2D eigenvalue weighted by molar-refractivity contribution is -0.119. The fourth-order valence-corrected chi connectivity index (χ4v) is 1.76. The summed E-state index contributed by atoms with van der Waals surface area (Å²) >= 11 is 0. The highest BCUT2D eigenvalue weighted by atomic mass is 16.1. The zero-order valence-corrected chi connectivity index (χ0v) is 11.6. The Morgan fingerprint density at radius 1 is 1.21 bits per heavy atom. The Hall–Kier alpha value is -1.88. The van der Waals surface area contributed by atoms with Crippen LogP contribution in [0.4, 0.5) is 0 Å². The molecule has 0 aromatic heterocycles. The molecule has 0 aliphatic rings. The molecule has 1 rings (SSSR count). The number of amides is 2. The topological polar surface area (TPSA) is 84.2 Å². The number of nitrogens with one attached hydrogen (secondary N) is 2. The van der Waals surface area contributed by atoms with Crippen molar-refractivity contribution in [3.8, 4) is 0 Å². The minimum atomic E-state index is -0.342. The van der Waals surface area contributed by atoms with Crippen LogP contribution in [0.5, 0.6) is 0 Å². The lowest BCUT2D eigenvalue weighted by Gasteiger charge is -2.24. The molecule has 0 bridgehead atoms. The molecule has 0 aliphatic carbocycles. The molecule has 5 heteroatoms. The van der Waals surface area contributed by atoms with Crippen LogP contribution in [0.15, 0.2) is 24.3 Å². The molecule has 4 N–H and O–H groups in total. The largest absolute Gasteiger partial charge is 0.370 e. The van der Waals surface area contributed by atoms with E-state index in [0.29, 0.717) is 12.1 Å². The Morgan fingerprint density at radius 2 is 1.79 bits per heavy atom. The van der Waals surface area contributed by atoms with Gasteiger partial charge in [-0.15, -0.1) is 0 Å². The van der Waals surface area contributed by atoms with E-state index in [-0.39, 0.29) is 23.8 Å². The predicted molar refractivity (Wildman–Crippen MR) is 74.6 cm³/mol. The van der Waals surface area contributed by atoms with Gasteiger partial charge in [0.15, 0.2) is 0 Å². The lowest BCUT2D eigenvalue weighted by atomic mass is 9.99. The van der Waals surface area contributed by atoms with E-state index in [9.17, 15) is 9.59 Å². The number of benzene rings is 1. The van der Waals surface area contributed by atoms with E-state index < -0.39 is 0 Å². The summed E-state index contributed by atoms with van der Waals surface area (Å²) < 4.78 is 0. The predicted octanol–water partition coefficient (Wildman–Crippen LogP) is 0.790. The van der Waals surface area contributed by atoms with Crippen LogP contribution in [0.3, 0.4) is 0 Å². The van der Waals surface area contributed by atoms with Gasteiger partial charge in [-0.1, -0.05) is 12.1 Å². The maximum absolute atomic E-state index is 11.4. The summed E-state index contributed by atoms with van der Waals surface area (Å²) in [6, 6.07) is 7.32. The molecule has 0 spiro atoms. The average Bonchev–Trinajstić information content (AvgIpc) is 2.34. The maximum atomic E-state index is 11.4. The van der Waals surface area contributed by atoms with Gasteiger partial charge in [-0.2, -0.15) is 0 Å². The van der Waals surface area contributed by atoms with Crippen LogP contribution in [0.25, 0.3) is 0 Å². The summed E-state index contributed by atoms with van der Waals surface area (Å²) in [5.41, 5.74) is 6.52. The second-order valence-corrected chi connectivity index (χ2v) is 5.16. The number of carbonyl (C=O) groups is 2. The Balaban J connectivity index is 2.59. The van der Waals surface area contributed by atoms with Gasteiger partial charge in [-0.05, 0) is 31.5 Å². The monoisotopic (exact) mass is 263 g/mol. The molecule has 0 heterocycles. The number of nitrogens with two attached hydrogens (primary N) is 1. The van der Waals surface area contributed by atoms with E-state index in [1.807, 2.05) is 26.0 Å². The molecular weight excluding hydrogens is 242 g/mol. The second-order valence-electron chi connectivity index (χ2n) is 5.16. The van der Waals surface area contributed by atoms with Crippen molar-refractivity contribution in [1.29, 1.82) is 0 Å². The first-order valence-electron chi connectivity index (χ1n) is 6.18. The van der Waals surface area contributed by atoms with Gasteiger partial charge in [0.25, 0.3) is 5.91 Å². The molecule has 1 aromatic carbocycles. The minimum absolute atomic E-state index is 0.103. The smallest absolute Gasteiger partial charge is 0.251 e. The molecule has 0 aliphatic heterocycles. The summed E-state index contributed by atoms with van der Waals surface area (Å²) in [4.78, 5) is 22.3. The van der Waals surface area contributed by atoms with Crippen molar-refractivity contribution >= 4 is 11.8 Å². The van der Waals surface area contributed by atoms with Crippen LogP contribution >= 0.6 is 0 Å². The van der Waals surface area contributed by atoms with Crippen molar-refractivity contribution < 1.29 is 9.59 Å². The van der Waals surface area contributed by atoms with Crippen LogP contribution in [0.2, 0.25) is 0 Å². The third-order valence-electron chi connectivity index (χ3n) is 2.83. The van der Waals surface area contributed by atoms with Crippen LogP contribution < -0.4 is 16.4 Å². The van der Waals surface area contributed by atoms with Crippen LogP contribution in [-0.4, -0.2) is 24.4 Å². The second kappa shape index (κ2) is 6.33. The molecule has 0 saturated heterocycles. The van der Waals surface area contributed by atoms with Crippen LogP contribution in [-0.2, 0) is 11.3 Å². The van der Waals surface area contributed by atoms with Gasteiger partial charge in [-0.3, -0.25) is 9.59 Å². The number of hydrogen-bond donors (Lipinski definition) is 3. The Bertz CT molecular complexity index is 452. The molecule has 104 valence electrons. The van der Waals surface area contributed by atoms with Gasteiger partial charge in [0.05, 0.1) is 0 Å². The molecular formula is C14H21N3O2.